The number of benzene rings is 1. The molecule has 3 rings (SSSR count). The molecule has 80 valence electrons. The van der Waals surface area contributed by atoms with Crippen molar-refractivity contribution in [2.75, 3.05) is 0 Å². The minimum Gasteiger partial charge on any atom is -0.329 e. The molecule has 0 bridgehead atoms. The van der Waals surface area contributed by atoms with Crippen LogP contribution in [0.1, 0.15) is 5.69 Å². The zero-order valence-corrected chi connectivity index (χ0v) is 9.25. The lowest BCUT2D eigenvalue weighted by atomic mass is 10.3. The molecule has 2 aromatic heterocycles. The van der Waals surface area contributed by atoms with Crippen LogP contribution in [0.4, 0.5) is 0 Å². The van der Waals surface area contributed by atoms with E-state index in [1.165, 1.54) is 0 Å². The third-order valence-electron chi connectivity index (χ3n) is 2.49. The van der Waals surface area contributed by atoms with E-state index in [2.05, 4.69) is 9.97 Å². The molecular weight excluding hydrogens is 226 g/mol. The Bertz CT molecular complexity index is 757. The fraction of sp³-hybridized carbons (Fsp3) is 0.0909. The van der Waals surface area contributed by atoms with Gasteiger partial charge in [0.25, 0.3) is 5.56 Å². The lowest BCUT2D eigenvalue weighted by Gasteiger charge is -1.96. The number of H-pyrrole nitrogens is 1. The summed E-state index contributed by atoms with van der Waals surface area (Å²) in [6, 6.07) is 6.83. The topological polar surface area (TPSA) is 50.2 Å². The number of aromatic nitrogens is 3. The number of imidazole rings is 1. The summed E-state index contributed by atoms with van der Waals surface area (Å²) in [7, 11) is 0. The van der Waals surface area contributed by atoms with E-state index < -0.39 is 0 Å². The second-order valence-electron chi connectivity index (χ2n) is 3.69. The number of aromatic amines is 1. The van der Waals surface area contributed by atoms with Gasteiger partial charge in [-0.15, -0.1) is 0 Å². The van der Waals surface area contributed by atoms with Crippen LogP contribution in [0.3, 0.4) is 0 Å². The largest absolute Gasteiger partial charge is 0.329 e. The van der Waals surface area contributed by atoms with Gasteiger partial charge in [0.1, 0.15) is 0 Å². The highest BCUT2D eigenvalue weighted by Gasteiger charge is 2.07. The van der Waals surface area contributed by atoms with Gasteiger partial charge < -0.3 is 4.98 Å². The van der Waals surface area contributed by atoms with E-state index in [4.69, 9.17) is 11.6 Å². The molecule has 0 unspecified atom stereocenters. The Morgan fingerprint density at radius 3 is 3.00 bits per heavy atom. The molecule has 0 aliphatic heterocycles. The van der Waals surface area contributed by atoms with Gasteiger partial charge >= 0.3 is 0 Å². The maximum Gasteiger partial charge on any atom is 0.259 e. The molecule has 0 spiro atoms. The molecule has 3 aromatic rings. The maximum atomic E-state index is 11.8. The van der Waals surface area contributed by atoms with Crippen LogP contribution in [0.2, 0.25) is 5.02 Å². The molecule has 0 atom stereocenters. The van der Waals surface area contributed by atoms with Crippen molar-refractivity contribution in [3.63, 3.8) is 0 Å². The number of hydrogen-bond acceptors (Lipinski definition) is 2. The zero-order chi connectivity index (χ0) is 11.3. The second-order valence-corrected chi connectivity index (χ2v) is 4.13. The number of nitrogens with zero attached hydrogens (tertiary/aromatic N) is 2. The van der Waals surface area contributed by atoms with Crippen molar-refractivity contribution >= 4 is 28.4 Å². The number of nitrogens with one attached hydrogen (secondary N) is 1. The van der Waals surface area contributed by atoms with E-state index in [1.54, 1.807) is 28.7 Å². The first-order valence-corrected chi connectivity index (χ1v) is 5.20. The van der Waals surface area contributed by atoms with Gasteiger partial charge in [0, 0.05) is 16.8 Å². The minimum atomic E-state index is -0.0870. The summed E-state index contributed by atoms with van der Waals surface area (Å²) in [4.78, 5) is 19.2. The molecular formula is C11H8ClN3O. The summed E-state index contributed by atoms with van der Waals surface area (Å²) in [5, 5.41) is 0.611. The summed E-state index contributed by atoms with van der Waals surface area (Å²) in [5.74, 6) is 0.544. The molecule has 0 aliphatic rings. The summed E-state index contributed by atoms with van der Waals surface area (Å²) in [5.41, 5.74) is 2.18. The van der Waals surface area contributed by atoms with E-state index in [0.29, 0.717) is 16.3 Å². The molecule has 0 saturated heterocycles. The summed E-state index contributed by atoms with van der Waals surface area (Å²) >= 11 is 5.88. The molecule has 0 saturated carbocycles. The molecule has 2 heterocycles. The van der Waals surface area contributed by atoms with Crippen molar-refractivity contribution in [3.05, 3.63) is 45.3 Å². The third kappa shape index (κ3) is 1.23. The molecule has 4 nitrogen and oxygen atoms in total. The van der Waals surface area contributed by atoms with Crippen LogP contribution in [-0.2, 0) is 0 Å². The highest BCUT2D eigenvalue weighted by molar-refractivity contribution is 6.31. The van der Waals surface area contributed by atoms with Gasteiger partial charge in [-0.2, -0.15) is 0 Å². The van der Waals surface area contributed by atoms with Gasteiger partial charge in [0.15, 0.2) is 0 Å². The van der Waals surface area contributed by atoms with Crippen LogP contribution < -0.4 is 5.56 Å². The first-order valence-electron chi connectivity index (χ1n) is 4.83. The Labute approximate surface area is 95.5 Å². The van der Waals surface area contributed by atoms with Gasteiger partial charge in [-0.3, -0.25) is 4.79 Å². The number of halogens is 1. The van der Waals surface area contributed by atoms with Crippen LogP contribution in [-0.4, -0.2) is 14.4 Å². The van der Waals surface area contributed by atoms with Gasteiger partial charge in [0.2, 0.25) is 5.78 Å². The van der Waals surface area contributed by atoms with E-state index in [1.807, 2.05) is 6.92 Å². The van der Waals surface area contributed by atoms with Crippen molar-refractivity contribution < 1.29 is 0 Å². The Hall–Kier alpha value is -1.81. The highest BCUT2D eigenvalue weighted by Crippen LogP contribution is 2.18. The molecule has 5 heteroatoms. The fourth-order valence-corrected chi connectivity index (χ4v) is 1.99. The Balaban J connectivity index is 2.61. The lowest BCUT2D eigenvalue weighted by Crippen LogP contribution is -2.12. The van der Waals surface area contributed by atoms with E-state index in [9.17, 15) is 4.79 Å². The molecule has 0 fully saturated rings. The van der Waals surface area contributed by atoms with Crippen molar-refractivity contribution in [1.29, 1.82) is 0 Å². The Morgan fingerprint density at radius 1 is 1.38 bits per heavy atom. The number of hydrogen-bond donors (Lipinski definition) is 1. The lowest BCUT2D eigenvalue weighted by molar-refractivity contribution is 1.04. The molecule has 0 radical (unpaired) electrons. The second kappa shape index (κ2) is 3.09. The number of rotatable bonds is 0. The van der Waals surface area contributed by atoms with Crippen molar-refractivity contribution in [2.24, 2.45) is 0 Å². The van der Waals surface area contributed by atoms with Gasteiger partial charge in [0.05, 0.1) is 11.0 Å². The normalized spacial score (nSPS) is 11.4. The van der Waals surface area contributed by atoms with Gasteiger partial charge in [-0.25, -0.2) is 9.38 Å². The van der Waals surface area contributed by atoms with Crippen molar-refractivity contribution in [3.8, 4) is 0 Å². The van der Waals surface area contributed by atoms with E-state index in [-0.39, 0.29) is 5.56 Å². The standard InChI is InChI=1S/C11H8ClN3O/c1-6-4-10(16)15-9-3-2-7(12)5-8(9)14-11(15)13-6/h2-5H,1H3,(H,13,14). The molecule has 0 aliphatic carbocycles. The average molecular weight is 234 g/mol. The summed E-state index contributed by atoms with van der Waals surface area (Å²) in [6.45, 7) is 1.83. The molecule has 0 amide bonds. The molecule has 1 N–H and O–H groups in total. The molecule has 16 heavy (non-hydrogen) atoms. The van der Waals surface area contributed by atoms with Gasteiger partial charge in [-0.1, -0.05) is 11.6 Å². The van der Waals surface area contributed by atoms with Gasteiger partial charge in [-0.05, 0) is 25.1 Å². The van der Waals surface area contributed by atoms with E-state index in [0.717, 1.165) is 11.2 Å². The van der Waals surface area contributed by atoms with Crippen LogP contribution in [0.5, 0.6) is 0 Å². The minimum absolute atomic E-state index is 0.0870. The number of fused-ring (bicyclic) bond motifs is 3. The summed E-state index contributed by atoms with van der Waals surface area (Å²) in [6.07, 6.45) is 0. The Kier molecular flexibility index (Phi) is 1.82. The monoisotopic (exact) mass is 233 g/mol. The van der Waals surface area contributed by atoms with Crippen LogP contribution >= 0.6 is 11.6 Å². The van der Waals surface area contributed by atoms with Crippen LogP contribution in [0.25, 0.3) is 16.8 Å². The highest BCUT2D eigenvalue weighted by atomic mass is 35.5. The Morgan fingerprint density at radius 2 is 2.19 bits per heavy atom. The average Bonchev–Trinajstić information content (AvgIpc) is 2.54. The third-order valence-corrected chi connectivity index (χ3v) is 2.72. The first kappa shape index (κ1) is 9.42. The predicted octanol–water partition coefficient (Wildman–Crippen LogP) is 2.14. The van der Waals surface area contributed by atoms with E-state index >= 15 is 0 Å². The first-order chi connectivity index (χ1) is 7.65. The smallest absolute Gasteiger partial charge is 0.259 e. The van der Waals surface area contributed by atoms with Crippen LogP contribution in [0, 0.1) is 6.92 Å². The summed E-state index contributed by atoms with van der Waals surface area (Å²) < 4.78 is 1.54. The number of aryl methyl sites for hydroxylation is 1. The van der Waals surface area contributed by atoms with Crippen molar-refractivity contribution in [1.82, 2.24) is 14.4 Å². The quantitative estimate of drug-likeness (QED) is 0.647. The maximum absolute atomic E-state index is 11.8. The predicted molar refractivity (Wildman–Crippen MR) is 63.1 cm³/mol. The van der Waals surface area contributed by atoms with Crippen LogP contribution in [0.15, 0.2) is 29.1 Å². The SMILES string of the molecule is Cc1cc(=O)n2c(nc3cc(Cl)ccc32)[nH]1. The van der Waals surface area contributed by atoms with Crippen molar-refractivity contribution in [2.45, 2.75) is 6.92 Å². The fourth-order valence-electron chi connectivity index (χ4n) is 1.82. The molecule has 1 aromatic carbocycles. The zero-order valence-electron chi connectivity index (χ0n) is 8.49.